The molecule has 0 aromatic rings. The van der Waals surface area contributed by atoms with Gasteiger partial charge < -0.3 is 28.8 Å². The van der Waals surface area contributed by atoms with Gasteiger partial charge in [-0.05, 0) is 41.5 Å². The molecule has 0 amide bonds. The smallest absolute Gasteiger partial charge is 0.334 e. The SMILES string of the molecule is CC(=O)[CH-]C(C)=O.CC(=O)[CH-]C(C)=O.CC(=O)[CH-]C(C)=O.[Er+3]. The number of hydrogen-bond acceptors (Lipinski definition) is 6. The summed E-state index contributed by atoms with van der Waals surface area (Å²) in [6.45, 7) is 8.09. The molecule has 0 atom stereocenters. The number of Topliss-reactive ketones (excluding diaryl/α,β-unsaturated/α-hetero) is 6. The first-order valence-electron chi connectivity index (χ1n) is 5.96. The van der Waals surface area contributed by atoms with E-state index in [0.29, 0.717) is 0 Å². The summed E-state index contributed by atoms with van der Waals surface area (Å²) in [5.74, 6) is -1.12. The zero-order valence-electron chi connectivity index (χ0n) is 13.5. The molecule has 22 heavy (non-hydrogen) atoms. The van der Waals surface area contributed by atoms with Crippen LogP contribution in [0.15, 0.2) is 0 Å². The molecule has 0 rings (SSSR count). The maximum Gasteiger partial charge on any atom is 3.00 e. The average molecular weight is 465 g/mol. The summed E-state index contributed by atoms with van der Waals surface area (Å²) < 4.78 is 0. The normalized spacial score (nSPS) is 7.36. The van der Waals surface area contributed by atoms with Crippen molar-refractivity contribution in [1.29, 1.82) is 0 Å². The maximum atomic E-state index is 9.98. The van der Waals surface area contributed by atoms with Gasteiger partial charge in [-0.3, -0.25) is 19.3 Å². The second-order valence-corrected chi connectivity index (χ2v) is 4.10. The van der Waals surface area contributed by atoms with Crippen LogP contribution in [-0.4, -0.2) is 34.7 Å². The molecule has 0 aromatic carbocycles. The molecular formula is C15H21ErO6. The molecule has 129 valence electrons. The van der Waals surface area contributed by atoms with Gasteiger partial charge in [-0.15, -0.1) is 0 Å². The Balaban J connectivity index is -0.000000108. The van der Waals surface area contributed by atoms with Crippen molar-refractivity contribution in [2.45, 2.75) is 41.5 Å². The number of hydrogen-bond donors (Lipinski definition) is 0. The zero-order valence-corrected chi connectivity index (χ0v) is 15.3. The van der Waals surface area contributed by atoms with E-state index in [1.807, 2.05) is 0 Å². The van der Waals surface area contributed by atoms with E-state index in [1.165, 1.54) is 41.5 Å². The number of carbonyl (C=O) groups is 6. The molecule has 0 saturated heterocycles. The Labute approximate surface area is 161 Å². The fraction of sp³-hybridized carbons (Fsp3) is 0.400. The first-order valence-corrected chi connectivity index (χ1v) is 5.96. The fourth-order valence-corrected chi connectivity index (χ4v) is 0.859. The van der Waals surface area contributed by atoms with E-state index in [-0.39, 0.29) is 72.0 Å². The van der Waals surface area contributed by atoms with Gasteiger partial charge in [-0.25, -0.2) is 0 Å². The molecule has 0 aliphatic carbocycles. The first kappa shape index (κ1) is 29.0. The van der Waals surface area contributed by atoms with Crippen molar-refractivity contribution in [2.24, 2.45) is 0 Å². The van der Waals surface area contributed by atoms with Crippen molar-refractivity contribution in [1.82, 2.24) is 0 Å². The average Bonchev–Trinajstić information content (AvgIpc) is 2.10. The standard InChI is InChI=1S/3C5H7O2.Er/c3*1-4(6)3-5(2)7;/h3*3H,1-2H3;/q3*-1;+3. The van der Waals surface area contributed by atoms with Crippen LogP contribution in [0.25, 0.3) is 0 Å². The van der Waals surface area contributed by atoms with Gasteiger partial charge in [0.15, 0.2) is 0 Å². The van der Waals surface area contributed by atoms with Crippen LogP contribution >= 0.6 is 0 Å². The minimum atomic E-state index is -0.187. The van der Waals surface area contributed by atoms with Crippen LogP contribution in [0.1, 0.15) is 41.5 Å². The topological polar surface area (TPSA) is 102 Å². The van der Waals surface area contributed by atoms with Crippen molar-refractivity contribution in [2.75, 3.05) is 0 Å². The van der Waals surface area contributed by atoms with Gasteiger partial charge in [0.1, 0.15) is 0 Å². The van der Waals surface area contributed by atoms with E-state index in [2.05, 4.69) is 0 Å². The third kappa shape index (κ3) is 51.0. The predicted octanol–water partition coefficient (Wildman–Crippen LogP) is 1.11. The summed E-state index contributed by atoms with van der Waals surface area (Å²) in [6, 6.07) is 0. The Bertz CT molecular complexity index is 314. The molecule has 0 fully saturated rings. The summed E-state index contributed by atoms with van der Waals surface area (Å²) in [4.78, 5) is 59.9. The quantitative estimate of drug-likeness (QED) is 0.431. The summed E-state index contributed by atoms with van der Waals surface area (Å²) in [7, 11) is 0. The van der Waals surface area contributed by atoms with Crippen LogP contribution in [0.3, 0.4) is 0 Å². The van der Waals surface area contributed by atoms with E-state index in [9.17, 15) is 28.8 Å². The molecule has 0 aromatic heterocycles. The van der Waals surface area contributed by atoms with Crippen molar-refractivity contribution < 1.29 is 66.1 Å². The number of carbonyl (C=O) groups excluding carboxylic acids is 6. The van der Waals surface area contributed by atoms with Gasteiger partial charge in [0, 0.05) is 34.7 Å². The van der Waals surface area contributed by atoms with Gasteiger partial charge in [0.05, 0.1) is 0 Å². The number of ketones is 6. The molecule has 6 nitrogen and oxygen atoms in total. The van der Waals surface area contributed by atoms with E-state index >= 15 is 0 Å². The Hall–Kier alpha value is -1.12. The third-order valence-corrected chi connectivity index (χ3v) is 1.22. The Morgan fingerprint density at radius 2 is 0.500 bits per heavy atom. The first-order chi connectivity index (χ1) is 9.38. The Kier molecular flexibility index (Phi) is 23.6. The van der Waals surface area contributed by atoms with Crippen molar-refractivity contribution in [3.8, 4) is 0 Å². The van der Waals surface area contributed by atoms with Crippen molar-refractivity contribution in [3.63, 3.8) is 0 Å². The minimum Gasteiger partial charge on any atom is -0.334 e. The summed E-state index contributed by atoms with van der Waals surface area (Å²) in [5.41, 5.74) is 0. The van der Waals surface area contributed by atoms with Crippen LogP contribution < -0.4 is 0 Å². The van der Waals surface area contributed by atoms with E-state index in [4.69, 9.17) is 0 Å². The van der Waals surface area contributed by atoms with E-state index < -0.39 is 0 Å². The zero-order chi connectivity index (χ0) is 17.6. The molecule has 0 N–H and O–H groups in total. The summed E-state index contributed by atoms with van der Waals surface area (Å²) >= 11 is 0. The molecule has 0 heterocycles. The third-order valence-electron chi connectivity index (χ3n) is 1.22. The molecule has 7 heteroatoms. The second kappa shape index (κ2) is 17.9. The molecule has 0 bridgehead atoms. The fourth-order valence-electron chi connectivity index (χ4n) is 0.859. The molecule has 0 unspecified atom stereocenters. The minimum absolute atomic E-state index is 0. The van der Waals surface area contributed by atoms with Crippen molar-refractivity contribution in [3.05, 3.63) is 19.3 Å². The molecule has 0 spiro atoms. The van der Waals surface area contributed by atoms with Crippen LogP contribution in [0.4, 0.5) is 0 Å². The second-order valence-electron chi connectivity index (χ2n) is 4.10. The van der Waals surface area contributed by atoms with E-state index in [1.54, 1.807) is 0 Å². The van der Waals surface area contributed by atoms with Crippen LogP contribution in [0.2, 0.25) is 0 Å². The Morgan fingerprint density at radius 1 is 0.409 bits per heavy atom. The summed E-state index contributed by atoms with van der Waals surface area (Å²) in [6.07, 6.45) is 3.17. The van der Waals surface area contributed by atoms with Gasteiger partial charge in [-0.1, -0.05) is 0 Å². The predicted molar refractivity (Wildman–Crippen MR) is 77.0 cm³/mol. The largest absolute Gasteiger partial charge is 3.00 e. The van der Waals surface area contributed by atoms with Gasteiger partial charge >= 0.3 is 37.3 Å². The number of rotatable bonds is 6. The van der Waals surface area contributed by atoms with Crippen LogP contribution in [0, 0.1) is 56.6 Å². The van der Waals surface area contributed by atoms with Crippen LogP contribution in [-0.2, 0) is 28.8 Å². The summed E-state index contributed by atoms with van der Waals surface area (Å²) in [5, 5.41) is 0. The van der Waals surface area contributed by atoms with Gasteiger partial charge in [0.25, 0.3) is 0 Å². The van der Waals surface area contributed by atoms with Crippen molar-refractivity contribution >= 4 is 34.7 Å². The molecule has 0 saturated carbocycles. The Morgan fingerprint density at radius 3 is 0.500 bits per heavy atom. The molecule has 1 radical (unpaired) electrons. The monoisotopic (exact) mass is 463 g/mol. The maximum absolute atomic E-state index is 9.98. The van der Waals surface area contributed by atoms with E-state index in [0.717, 1.165) is 19.3 Å². The van der Waals surface area contributed by atoms with Gasteiger partial charge in [0.2, 0.25) is 0 Å². The van der Waals surface area contributed by atoms with Gasteiger partial charge in [-0.2, -0.15) is 0 Å². The molecule has 0 aliphatic heterocycles. The molecular weight excluding hydrogens is 443 g/mol. The molecule has 0 aliphatic rings. The van der Waals surface area contributed by atoms with Crippen LogP contribution in [0.5, 0.6) is 0 Å².